The van der Waals surface area contributed by atoms with Crippen LogP contribution in [0.2, 0.25) is 0 Å². The Morgan fingerprint density at radius 1 is 0.365 bits per heavy atom. The molecule has 2 aromatic heterocycles. The molecular weight excluding hydrogens is 649 g/mol. The zero-order chi connectivity index (χ0) is 35.6. The van der Waals surface area contributed by atoms with E-state index in [0.717, 1.165) is 55.6 Å². The van der Waals surface area contributed by atoms with Gasteiger partial charge in [0.2, 0.25) is 0 Å². The van der Waals surface area contributed by atoms with Crippen LogP contribution < -0.4 is 9.47 Å². The van der Waals surface area contributed by atoms with E-state index in [-0.39, 0.29) is 0 Å². The summed E-state index contributed by atoms with van der Waals surface area (Å²) in [6.07, 6.45) is 0. The van der Waals surface area contributed by atoms with Crippen molar-refractivity contribution in [2.75, 3.05) is 0 Å². The Bertz CT molecular complexity index is 2640. The number of benzene rings is 6. The van der Waals surface area contributed by atoms with Crippen molar-refractivity contribution in [2.24, 2.45) is 0 Å². The summed E-state index contributed by atoms with van der Waals surface area (Å²) < 4.78 is 10.8. The molecule has 0 spiro atoms. The number of ether oxygens (including phenoxy) is 2. The van der Waals surface area contributed by atoms with Crippen molar-refractivity contribution in [3.8, 4) is 67.7 Å². The first kappa shape index (κ1) is 32.2. The van der Waals surface area contributed by atoms with E-state index in [4.69, 9.17) is 29.4 Å². The highest BCUT2D eigenvalue weighted by atomic mass is 16.5. The van der Waals surface area contributed by atoms with Gasteiger partial charge in [-0.25, -0.2) is 19.9 Å². The average molecular weight is 679 g/mol. The van der Waals surface area contributed by atoms with Crippen LogP contribution in [0.15, 0.2) is 146 Å². The zero-order valence-corrected chi connectivity index (χ0v) is 28.3. The standard InChI is InChI=1S/C44H30N4O4/c1-27(49)51-35-17-9-15-33(23-35)43-42(30-13-7-4-8-14-30)47-39-25-31(20-22-38(39)46-43)32-19-21-37-40(26-32)48-44(41(45-37)29-11-5-3-6-12-29)34-16-10-18-36(24-34)52-28(2)50/h3-26H,1-2H3. The van der Waals surface area contributed by atoms with Gasteiger partial charge in [0.25, 0.3) is 0 Å². The molecule has 0 saturated heterocycles. The van der Waals surface area contributed by atoms with Crippen LogP contribution in [0.5, 0.6) is 11.5 Å². The highest BCUT2D eigenvalue weighted by molar-refractivity contribution is 5.92. The van der Waals surface area contributed by atoms with E-state index >= 15 is 0 Å². The van der Waals surface area contributed by atoms with Gasteiger partial charge in [-0.3, -0.25) is 9.59 Å². The van der Waals surface area contributed by atoms with Crippen LogP contribution >= 0.6 is 0 Å². The Hall–Kier alpha value is -7.06. The lowest BCUT2D eigenvalue weighted by atomic mass is 10.0. The van der Waals surface area contributed by atoms with Crippen LogP contribution in [-0.2, 0) is 9.59 Å². The first-order chi connectivity index (χ1) is 25.4. The monoisotopic (exact) mass is 678 g/mol. The van der Waals surface area contributed by atoms with E-state index < -0.39 is 11.9 Å². The summed E-state index contributed by atoms with van der Waals surface area (Å²) in [5, 5.41) is 0. The van der Waals surface area contributed by atoms with Gasteiger partial charge in [0.05, 0.1) is 44.8 Å². The fraction of sp³-hybridized carbons (Fsp3) is 0.0455. The molecule has 0 atom stereocenters. The van der Waals surface area contributed by atoms with Gasteiger partial charge in [-0.05, 0) is 59.7 Å². The Morgan fingerprint density at radius 3 is 1.13 bits per heavy atom. The van der Waals surface area contributed by atoms with E-state index in [1.807, 2.05) is 121 Å². The summed E-state index contributed by atoms with van der Waals surface area (Å²) >= 11 is 0. The van der Waals surface area contributed by atoms with Gasteiger partial charge in [-0.15, -0.1) is 0 Å². The molecule has 0 aliphatic carbocycles. The number of fused-ring (bicyclic) bond motifs is 2. The number of nitrogens with zero attached hydrogens (tertiary/aromatic N) is 4. The van der Waals surface area contributed by atoms with Crippen LogP contribution in [0.1, 0.15) is 13.8 Å². The number of carbonyl (C=O) groups excluding carboxylic acids is 2. The molecule has 0 radical (unpaired) electrons. The number of esters is 2. The van der Waals surface area contributed by atoms with E-state index in [1.54, 1.807) is 24.3 Å². The number of hydrogen-bond donors (Lipinski definition) is 0. The molecule has 52 heavy (non-hydrogen) atoms. The lowest BCUT2D eigenvalue weighted by Gasteiger charge is -2.13. The van der Waals surface area contributed by atoms with Crippen molar-refractivity contribution >= 4 is 34.0 Å². The molecule has 250 valence electrons. The minimum absolute atomic E-state index is 0.390. The molecule has 8 nitrogen and oxygen atoms in total. The number of rotatable bonds is 7. The van der Waals surface area contributed by atoms with Crippen molar-refractivity contribution < 1.29 is 19.1 Å². The van der Waals surface area contributed by atoms with Crippen molar-refractivity contribution in [1.29, 1.82) is 0 Å². The third-order valence-electron chi connectivity index (χ3n) is 8.49. The van der Waals surface area contributed by atoms with E-state index in [2.05, 4.69) is 0 Å². The third-order valence-corrected chi connectivity index (χ3v) is 8.49. The molecule has 8 rings (SSSR count). The summed E-state index contributed by atoms with van der Waals surface area (Å²) in [4.78, 5) is 43.9. The lowest BCUT2D eigenvalue weighted by Crippen LogP contribution is -2.02. The lowest BCUT2D eigenvalue weighted by molar-refractivity contribution is -0.132. The molecular formula is C44H30N4O4. The maximum absolute atomic E-state index is 11.7. The molecule has 0 fully saturated rings. The van der Waals surface area contributed by atoms with Gasteiger partial charge >= 0.3 is 11.9 Å². The second-order valence-electron chi connectivity index (χ2n) is 12.2. The van der Waals surface area contributed by atoms with Crippen LogP contribution in [-0.4, -0.2) is 31.9 Å². The van der Waals surface area contributed by atoms with Crippen molar-refractivity contribution in [2.45, 2.75) is 13.8 Å². The van der Waals surface area contributed by atoms with E-state index in [9.17, 15) is 9.59 Å². The molecule has 0 unspecified atom stereocenters. The maximum Gasteiger partial charge on any atom is 0.308 e. The summed E-state index contributed by atoms with van der Waals surface area (Å²) in [6.45, 7) is 2.76. The summed E-state index contributed by atoms with van der Waals surface area (Å²) in [6, 6.07) is 46.5. The minimum Gasteiger partial charge on any atom is -0.427 e. The molecule has 2 heterocycles. The molecule has 0 bridgehead atoms. The minimum atomic E-state index is -0.393. The summed E-state index contributed by atoms with van der Waals surface area (Å²) in [7, 11) is 0. The van der Waals surface area contributed by atoms with Crippen molar-refractivity contribution in [1.82, 2.24) is 19.9 Å². The Kier molecular flexibility index (Phi) is 8.46. The van der Waals surface area contributed by atoms with Crippen LogP contribution in [0.4, 0.5) is 0 Å². The predicted octanol–water partition coefficient (Wildman–Crippen LogP) is 9.76. The van der Waals surface area contributed by atoms with E-state index in [0.29, 0.717) is 34.1 Å². The Labute approximate surface area is 299 Å². The SMILES string of the molecule is CC(=O)Oc1cccc(-c2nc3ccc(-c4ccc5nc(-c6ccccc6)c(-c6cccc(OC(C)=O)c6)nc5c4)cc3nc2-c2ccccc2)c1. The third kappa shape index (κ3) is 6.60. The molecule has 0 saturated carbocycles. The summed E-state index contributed by atoms with van der Waals surface area (Å²) in [5.41, 5.74) is 11.0. The Morgan fingerprint density at radius 2 is 0.731 bits per heavy atom. The first-order valence-electron chi connectivity index (χ1n) is 16.7. The first-order valence-corrected chi connectivity index (χ1v) is 16.7. The molecule has 0 aliphatic rings. The molecule has 8 aromatic rings. The molecule has 0 amide bonds. The number of carbonyl (C=O) groups is 2. The van der Waals surface area contributed by atoms with Gasteiger partial charge in [0.15, 0.2) is 0 Å². The van der Waals surface area contributed by atoms with Crippen molar-refractivity contribution in [3.05, 3.63) is 146 Å². The molecule has 6 aromatic carbocycles. The normalized spacial score (nSPS) is 11.0. The second kappa shape index (κ2) is 13.7. The number of hydrogen-bond acceptors (Lipinski definition) is 8. The zero-order valence-electron chi connectivity index (χ0n) is 28.3. The largest absolute Gasteiger partial charge is 0.427 e. The Balaban J connectivity index is 1.25. The van der Waals surface area contributed by atoms with E-state index in [1.165, 1.54) is 13.8 Å². The molecule has 8 heteroatoms. The van der Waals surface area contributed by atoms with Crippen molar-refractivity contribution in [3.63, 3.8) is 0 Å². The van der Waals surface area contributed by atoms with Gasteiger partial charge in [-0.1, -0.05) is 97.1 Å². The van der Waals surface area contributed by atoms with Gasteiger partial charge < -0.3 is 9.47 Å². The number of aromatic nitrogens is 4. The van der Waals surface area contributed by atoms with Crippen LogP contribution in [0.3, 0.4) is 0 Å². The topological polar surface area (TPSA) is 104 Å². The highest BCUT2D eigenvalue weighted by Gasteiger charge is 2.17. The van der Waals surface area contributed by atoms with Gasteiger partial charge in [-0.2, -0.15) is 0 Å². The second-order valence-corrected chi connectivity index (χ2v) is 12.2. The van der Waals surface area contributed by atoms with Crippen LogP contribution in [0, 0.1) is 0 Å². The van der Waals surface area contributed by atoms with Gasteiger partial charge in [0, 0.05) is 36.1 Å². The summed E-state index contributed by atoms with van der Waals surface area (Å²) in [5.74, 6) is 0.0951. The smallest absolute Gasteiger partial charge is 0.308 e. The molecule has 0 N–H and O–H groups in total. The van der Waals surface area contributed by atoms with Crippen LogP contribution in [0.25, 0.3) is 78.2 Å². The molecule has 0 aliphatic heterocycles. The fourth-order valence-corrected chi connectivity index (χ4v) is 6.21. The highest BCUT2D eigenvalue weighted by Crippen LogP contribution is 2.36. The quantitative estimate of drug-likeness (QED) is 0.121. The maximum atomic E-state index is 11.7. The fourth-order valence-electron chi connectivity index (χ4n) is 6.21. The average Bonchev–Trinajstić information content (AvgIpc) is 3.17. The predicted molar refractivity (Wildman–Crippen MR) is 202 cm³/mol. The van der Waals surface area contributed by atoms with Gasteiger partial charge in [0.1, 0.15) is 11.5 Å².